The Balaban J connectivity index is 3.00. The molecule has 76 valence electrons. The lowest BCUT2D eigenvalue weighted by Gasteiger charge is -2.09. The summed E-state index contributed by atoms with van der Waals surface area (Å²) in [6.07, 6.45) is 0. The van der Waals surface area contributed by atoms with Crippen LogP contribution < -0.4 is 4.65 Å². The number of hydrogen-bond donors (Lipinski definition) is 3. The van der Waals surface area contributed by atoms with Gasteiger partial charge in [-0.1, -0.05) is 0 Å². The highest BCUT2D eigenvalue weighted by molar-refractivity contribution is 6.35. The van der Waals surface area contributed by atoms with Gasteiger partial charge in [-0.05, 0) is 12.1 Å². The van der Waals surface area contributed by atoms with Crippen molar-refractivity contribution in [2.45, 2.75) is 0 Å². The minimum absolute atomic E-state index is 0.670. The van der Waals surface area contributed by atoms with E-state index in [9.17, 15) is 8.78 Å². The van der Waals surface area contributed by atoms with E-state index in [1.54, 1.807) is 0 Å². The molecule has 0 aliphatic rings. The summed E-state index contributed by atoms with van der Waals surface area (Å²) < 4.78 is 29.5. The normalized spacial score (nSPS) is 10.0. The fraction of sp³-hybridized carbons (Fsp3) is 0. The van der Waals surface area contributed by atoms with Gasteiger partial charge >= 0.3 is 7.32 Å². The highest BCUT2D eigenvalue weighted by Crippen LogP contribution is 2.30. The van der Waals surface area contributed by atoms with Crippen LogP contribution in [-0.2, 0) is 4.81 Å². The molecule has 1 aromatic carbocycles. The number of phenolic OH excluding ortho intramolecular Hbond substituents is 1. The largest absolute Gasteiger partial charge is 0.739 e. The lowest BCUT2D eigenvalue weighted by Crippen LogP contribution is -2.25. The van der Waals surface area contributed by atoms with Gasteiger partial charge in [0.05, 0.1) is 0 Å². The van der Waals surface area contributed by atoms with E-state index in [1.807, 2.05) is 0 Å². The predicted octanol–water partition coefficient (Wildman–Crippen LogP) is 0.516. The van der Waals surface area contributed by atoms with E-state index < -0.39 is 30.5 Å². The number of benzene rings is 1. The van der Waals surface area contributed by atoms with Gasteiger partial charge in [0.25, 0.3) is 0 Å². The molecule has 0 saturated heterocycles. The second-order valence-electron chi connectivity index (χ2n) is 2.24. The van der Waals surface area contributed by atoms with Crippen molar-refractivity contribution in [3.63, 3.8) is 0 Å². The Bertz CT molecular complexity index is 334. The number of aromatic hydroxyl groups is 1. The molecule has 0 heterocycles. The third-order valence-corrected chi connectivity index (χ3v) is 1.34. The van der Waals surface area contributed by atoms with Crippen LogP contribution in [0.2, 0.25) is 0 Å². The van der Waals surface area contributed by atoms with E-state index in [1.165, 1.54) is 0 Å². The molecule has 0 spiro atoms. The molecule has 14 heavy (non-hydrogen) atoms. The summed E-state index contributed by atoms with van der Waals surface area (Å²) in [5.74, 6) is -4.46. The molecule has 0 aliphatic carbocycles. The van der Waals surface area contributed by atoms with E-state index in [-0.39, 0.29) is 0 Å². The maximum atomic E-state index is 12.9. The molecule has 0 unspecified atom stereocenters. The van der Waals surface area contributed by atoms with Gasteiger partial charge in [-0.15, -0.1) is 0 Å². The minimum Gasteiger partial charge on any atom is -0.505 e. The number of rotatable bonds is 3. The molecule has 0 amide bonds. The van der Waals surface area contributed by atoms with Crippen LogP contribution in [0.3, 0.4) is 0 Å². The Morgan fingerprint density at radius 3 is 2.50 bits per heavy atom. The van der Waals surface area contributed by atoms with Crippen LogP contribution in [-0.4, -0.2) is 22.7 Å². The van der Waals surface area contributed by atoms with Crippen LogP contribution in [0, 0.1) is 11.6 Å². The zero-order valence-electron chi connectivity index (χ0n) is 6.65. The summed E-state index contributed by atoms with van der Waals surface area (Å²) in [6.45, 7) is 0. The molecule has 0 fully saturated rings. The highest BCUT2D eigenvalue weighted by Gasteiger charge is 2.24. The second-order valence-corrected chi connectivity index (χ2v) is 2.24. The molecule has 0 atom stereocenters. The first-order valence-electron chi connectivity index (χ1n) is 3.38. The summed E-state index contributed by atoms with van der Waals surface area (Å²) in [5.41, 5.74) is 0. The molecule has 8 heteroatoms. The van der Waals surface area contributed by atoms with Gasteiger partial charge in [-0.25, -0.2) is 9.20 Å². The van der Waals surface area contributed by atoms with Crippen LogP contribution in [0.4, 0.5) is 8.78 Å². The van der Waals surface area contributed by atoms with Crippen molar-refractivity contribution in [3.8, 4) is 11.5 Å². The Morgan fingerprint density at radius 2 is 1.93 bits per heavy atom. The fourth-order valence-corrected chi connectivity index (χ4v) is 0.756. The van der Waals surface area contributed by atoms with Crippen LogP contribution >= 0.6 is 0 Å². The van der Waals surface area contributed by atoms with Crippen molar-refractivity contribution in [1.29, 1.82) is 0 Å². The standard InChI is InChI=1S/C6H5BF2O5/c8-3-1-2-4(10)6(5(3)9)13-7(11)14-12/h1-2,10-12H. The Kier molecular flexibility index (Phi) is 3.23. The number of hydrogen-bond acceptors (Lipinski definition) is 5. The summed E-state index contributed by atoms with van der Waals surface area (Å²) in [5, 5.41) is 25.4. The smallest absolute Gasteiger partial charge is 0.505 e. The zero-order valence-corrected chi connectivity index (χ0v) is 6.65. The quantitative estimate of drug-likeness (QED) is 0.381. The monoisotopic (exact) mass is 206 g/mol. The van der Waals surface area contributed by atoms with E-state index in [0.29, 0.717) is 6.07 Å². The maximum absolute atomic E-state index is 12.9. The van der Waals surface area contributed by atoms with Crippen molar-refractivity contribution in [1.82, 2.24) is 0 Å². The minimum atomic E-state index is -2.21. The average molecular weight is 206 g/mol. The third kappa shape index (κ3) is 2.10. The first-order valence-corrected chi connectivity index (χ1v) is 3.38. The van der Waals surface area contributed by atoms with E-state index >= 15 is 0 Å². The summed E-state index contributed by atoms with van der Waals surface area (Å²) in [4.78, 5) is 3.24. The first kappa shape index (κ1) is 10.7. The first-order chi connectivity index (χ1) is 6.56. The van der Waals surface area contributed by atoms with Gasteiger partial charge in [-0.2, -0.15) is 4.39 Å². The van der Waals surface area contributed by atoms with Gasteiger partial charge in [0.1, 0.15) is 0 Å². The molecular weight excluding hydrogens is 201 g/mol. The van der Waals surface area contributed by atoms with Crippen LogP contribution in [0.5, 0.6) is 11.5 Å². The van der Waals surface area contributed by atoms with Gasteiger partial charge in [0.2, 0.25) is 5.82 Å². The number of phenols is 1. The fourth-order valence-electron chi connectivity index (χ4n) is 0.756. The summed E-state index contributed by atoms with van der Waals surface area (Å²) >= 11 is 0. The topological polar surface area (TPSA) is 79.2 Å². The van der Waals surface area contributed by atoms with Crippen molar-refractivity contribution < 1.29 is 33.6 Å². The van der Waals surface area contributed by atoms with Gasteiger partial charge < -0.3 is 14.8 Å². The van der Waals surface area contributed by atoms with Crippen molar-refractivity contribution in [3.05, 3.63) is 23.8 Å². The second kappa shape index (κ2) is 4.22. The molecule has 0 radical (unpaired) electrons. The maximum Gasteiger partial charge on any atom is 0.739 e. The van der Waals surface area contributed by atoms with Gasteiger partial charge in [0.15, 0.2) is 17.3 Å². The van der Waals surface area contributed by atoms with Gasteiger partial charge in [0, 0.05) is 0 Å². The van der Waals surface area contributed by atoms with Crippen LogP contribution in [0.1, 0.15) is 0 Å². The lowest BCUT2D eigenvalue weighted by molar-refractivity contribution is -0.171. The van der Waals surface area contributed by atoms with Crippen LogP contribution in [0.25, 0.3) is 0 Å². The molecule has 0 bridgehead atoms. The Labute approximate surface area is 77.2 Å². The molecule has 0 aromatic heterocycles. The van der Waals surface area contributed by atoms with Crippen molar-refractivity contribution in [2.24, 2.45) is 0 Å². The zero-order chi connectivity index (χ0) is 10.7. The predicted molar refractivity (Wildman–Crippen MR) is 40.3 cm³/mol. The van der Waals surface area contributed by atoms with Crippen molar-refractivity contribution in [2.75, 3.05) is 0 Å². The molecule has 3 N–H and O–H groups in total. The Morgan fingerprint density at radius 1 is 1.29 bits per heavy atom. The van der Waals surface area contributed by atoms with E-state index in [2.05, 4.69) is 9.46 Å². The van der Waals surface area contributed by atoms with E-state index in [0.717, 1.165) is 6.07 Å². The van der Waals surface area contributed by atoms with E-state index in [4.69, 9.17) is 15.4 Å². The molecule has 1 rings (SSSR count). The third-order valence-electron chi connectivity index (χ3n) is 1.34. The Hall–Kier alpha value is -1.38. The lowest BCUT2D eigenvalue weighted by atomic mass is 10.2. The molecular formula is C6H5BF2O5. The van der Waals surface area contributed by atoms with Crippen LogP contribution in [0.15, 0.2) is 12.1 Å². The van der Waals surface area contributed by atoms with Crippen molar-refractivity contribution >= 4 is 7.32 Å². The average Bonchev–Trinajstić information content (AvgIpc) is 2.18. The molecule has 1 aromatic rings. The molecule has 5 nitrogen and oxygen atoms in total. The molecule has 0 aliphatic heterocycles. The van der Waals surface area contributed by atoms with Gasteiger partial charge in [-0.3, -0.25) is 5.26 Å². The summed E-state index contributed by atoms with van der Waals surface area (Å²) in [7, 11) is -2.21. The number of halogens is 2. The summed E-state index contributed by atoms with van der Waals surface area (Å²) in [6, 6.07) is 1.49. The SMILES string of the molecule is OOB(O)Oc1c(O)ccc(F)c1F. The molecule has 0 saturated carbocycles. The highest BCUT2D eigenvalue weighted by atomic mass is 19.2.